The summed E-state index contributed by atoms with van der Waals surface area (Å²) in [6.07, 6.45) is 3.05. The summed E-state index contributed by atoms with van der Waals surface area (Å²) in [4.78, 5) is 14.3. The summed E-state index contributed by atoms with van der Waals surface area (Å²) in [6.45, 7) is 3.93. The number of carbonyl (C=O) groups excluding carboxylic acids is 1. The van der Waals surface area contributed by atoms with Gasteiger partial charge < -0.3 is 9.47 Å². The van der Waals surface area contributed by atoms with Gasteiger partial charge in [0.05, 0.1) is 0 Å². The quantitative estimate of drug-likeness (QED) is 0.838. The molecule has 1 amide bonds. The fourth-order valence-electron chi connectivity index (χ4n) is 2.05. The van der Waals surface area contributed by atoms with E-state index in [1.165, 1.54) is 0 Å². The van der Waals surface area contributed by atoms with Crippen molar-refractivity contribution in [3.63, 3.8) is 0 Å². The van der Waals surface area contributed by atoms with E-state index in [0.717, 1.165) is 35.4 Å². The van der Waals surface area contributed by atoms with Crippen molar-refractivity contribution >= 4 is 33.6 Å². The first kappa shape index (κ1) is 13.0. The van der Waals surface area contributed by atoms with Crippen LogP contribution in [-0.4, -0.2) is 39.5 Å². The van der Waals surface area contributed by atoms with Crippen LogP contribution >= 0.6 is 27.7 Å². The highest BCUT2D eigenvalue weighted by Gasteiger charge is 2.25. The van der Waals surface area contributed by atoms with E-state index in [0.29, 0.717) is 5.25 Å². The molecule has 0 aromatic carbocycles. The number of nitrogens with zero attached hydrogens (tertiary/aromatic N) is 2. The molecule has 5 heteroatoms. The maximum absolute atomic E-state index is 12.4. The Hall–Kier alpha value is -0.420. The second kappa shape index (κ2) is 5.48. The van der Waals surface area contributed by atoms with Crippen molar-refractivity contribution in [2.45, 2.75) is 18.6 Å². The number of thioether (sulfide) groups is 1. The summed E-state index contributed by atoms with van der Waals surface area (Å²) in [5.41, 5.74) is 0.763. The van der Waals surface area contributed by atoms with E-state index >= 15 is 0 Å². The molecule has 2 rings (SSSR count). The van der Waals surface area contributed by atoms with Crippen LogP contribution in [0.25, 0.3) is 0 Å². The summed E-state index contributed by atoms with van der Waals surface area (Å²) < 4.78 is 2.84. The summed E-state index contributed by atoms with van der Waals surface area (Å²) in [7, 11) is 1.91. The van der Waals surface area contributed by atoms with E-state index in [2.05, 4.69) is 22.9 Å². The first-order valence-corrected chi connectivity index (χ1v) is 7.68. The third kappa shape index (κ3) is 2.88. The van der Waals surface area contributed by atoms with Gasteiger partial charge >= 0.3 is 0 Å². The Labute approximate surface area is 115 Å². The standard InChI is InChI=1S/C12H17BrN2OS/c1-3-10-8-15(4-5-17-10)12(16)11-6-9(13)7-14(11)2/h6-7,10H,3-5,8H2,1-2H3. The zero-order valence-electron chi connectivity index (χ0n) is 10.1. The number of aromatic nitrogens is 1. The van der Waals surface area contributed by atoms with Crippen molar-refractivity contribution < 1.29 is 4.79 Å². The number of halogens is 1. The molecule has 1 atom stereocenters. The summed E-state index contributed by atoms with van der Waals surface area (Å²) in [6, 6.07) is 1.89. The van der Waals surface area contributed by atoms with Crippen LogP contribution in [0.4, 0.5) is 0 Å². The number of amides is 1. The monoisotopic (exact) mass is 316 g/mol. The lowest BCUT2D eigenvalue weighted by molar-refractivity contribution is 0.0751. The Kier molecular flexibility index (Phi) is 4.20. The molecule has 0 aliphatic carbocycles. The van der Waals surface area contributed by atoms with Gasteiger partial charge in [-0.15, -0.1) is 0 Å². The molecule has 0 radical (unpaired) electrons. The minimum absolute atomic E-state index is 0.150. The predicted octanol–water partition coefficient (Wildman–Crippen LogP) is 2.76. The maximum atomic E-state index is 12.4. The average molecular weight is 317 g/mol. The molecule has 1 unspecified atom stereocenters. The minimum Gasteiger partial charge on any atom is -0.345 e. The second-order valence-corrected chi connectivity index (χ2v) is 6.63. The van der Waals surface area contributed by atoms with Crippen LogP contribution in [0.15, 0.2) is 16.7 Å². The zero-order chi connectivity index (χ0) is 12.4. The van der Waals surface area contributed by atoms with Crippen LogP contribution in [0.3, 0.4) is 0 Å². The molecule has 0 bridgehead atoms. The summed E-state index contributed by atoms with van der Waals surface area (Å²) in [5.74, 6) is 1.20. The smallest absolute Gasteiger partial charge is 0.270 e. The largest absolute Gasteiger partial charge is 0.345 e. The Morgan fingerprint density at radius 1 is 1.65 bits per heavy atom. The molecule has 94 valence electrons. The van der Waals surface area contributed by atoms with Crippen molar-refractivity contribution in [1.29, 1.82) is 0 Å². The van der Waals surface area contributed by atoms with E-state index in [1.54, 1.807) is 0 Å². The fraction of sp³-hybridized carbons (Fsp3) is 0.583. The highest BCUT2D eigenvalue weighted by atomic mass is 79.9. The molecule has 1 aromatic heterocycles. The number of hydrogen-bond donors (Lipinski definition) is 0. The number of hydrogen-bond acceptors (Lipinski definition) is 2. The third-order valence-electron chi connectivity index (χ3n) is 3.07. The van der Waals surface area contributed by atoms with Crippen LogP contribution in [0.2, 0.25) is 0 Å². The molecular formula is C12H17BrN2OS. The lowest BCUT2D eigenvalue weighted by Crippen LogP contribution is -2.42. The van der Waals surface area contributed by atoms with Gasteiger partial charge in [0, 0.05) is 41.8 Å². The van der Waals surface area contributed by atoms with Crippen LogP contribution in [0, 0.1) is 0 Å². The van der Waals surface area contributed by atoms with Crippen molar-refractivity contribution in [2.75, 3.05) is 18.8 Å². The van der Waals surface area contributed by atoms with Gasteiger partial charge in [-0.25, -0.2) is 0 Å². The van der Waals surface area contributed by atoms with E-state index in [1.807, 2.05) is 40.5 Å². The SMILES string of the molecule is CCC1CN(C(=O)c2cc(Br)cn2C)CCS1. The average Bonchev–Trinajstić information content (AvgIpc) is 2.67. The number of aryl methyl sites for hydroxylation is 1. The molecule has 3 nitrogen and oxygen atoms in total. The molecule has 0 N–H and O–H groups in total. The molecule has 1 aliphatic heterocycles. The molecule has 0 saturated carbocycles. The molecule has 1 saturated heterocycles. The summed E-state index contributed by atoms with van der Waals surface area (Å²) >= 11 is 5.38. The first-order chi connectivity index (χ1) is 8.11. The predicted molar refractivity (Wildman–Crippen MR) is 75.6 cm³/mol. The molecule has 1 aliphatic rings. The van der Waals surface area contributed by atoms with E-state index in [4.69, 9.17) is 0 Å². The zero-order valence-corrected chi connectivity index (χ0v) is 12.6. The van der Waals surface area contributed by atoms with Crippen molar-refractivity contribution in [1.82, 2.24) is 9.47 Å². The number of rotatable bonds is 2. The Bertz CT molecular complexity index is 419. The number of carbonyl (C=O) groups is 1. The molecule has 1 fully saturated rings. The maximum Gasteiger partial charge on any atom is 0.270 e. The van der Waals surface area contributed by atoms with Gasteiger partial charge in [0.1, 0.15) is 5.69 Å². The van der Waals surface area contributed by atoms with E-state index < -0.39 is 0 Å². The topological polar surface area (TPSA) is 25.2 Å². The van der Waals surface area contributed by atoms with Gasteiger partial charge in [0.2, 0.25) is 0 Å². The lowest BCUT2D eigenvalue weighted by Gasteiger charge is -2.31. The van der Waals surface area contributed by atoms with Crippen LogP contribution in [0.1, 0.15) is 23.8 Å². The van der Waals surface area contributed by atoms with Gasteiger partial charge in [-0.05, 0) is 28.4 Å². The second-order valence-electron chi connectivity index (χ2n) is 4.31. The minimum atomic E-state index is 0.150. The van der Waals surface area contributed by atoms with Crippen LogP contribution in [-0.2, 0) is 7.05 Å². The Morgan fingerprint density at radius 2 is 2.41 bits per heavy atom. The highest BCUT2D eigenvalue weighted by Crippen LogP contribution is 2.23. The molecule has 2 heterocycles. The Morgan fingerprint density at radius 3 is 3.00 bits per heavy atom. The van der Waals surface area contributed by atoms with Crippen LogP contribution < -0.4 is 0 Å². The van der Waals surface area contributed by atoms with E-state index in [-0.39, 0.29) is 5.91 Å². The normalized spacial score (nSPS) is 20.6. The molecule has 0 spiro atoms. The van der Waals surface area contributed by atoms with Crippen molar-refractivity contribution in [3.05, 3.63) is 22.4 Å². The van der Waals surface area contributed by atoms with Crippen molar-refractivity contribution in [3.8, 4) is 0 Å². The van der Waals surface area contributed by atoms with Gasteiger partial charge in [-0.3, -0.25) is 4.79 Å². The highest BCUT2D eigenvalue weighted by molar-refractivity contribution is 9.10. The van der Waals surface area contributed by atoms with Crippen molar-refractivity contribution in [2.24, 2.45) is 7.05 Å². The molecule has 1 aromatic rings. The molecule has 17 heavy (non-hydrogen) atoms. The van der Waals surface area contributed by atoms with Gasteiger partial charge in [-0.1, -0.05) is 6.92 Å². The summed E-state index contributed by atoms with van der Waals surface area (Å²) in [5, 5.41) is 0.594. The van der Waals surface area contributed by atoms with Crippen LogP contribution in [0.5, 0.6) is 0 Å². The lowest BCUT2D eigenvalue weighted by atomic mass is 10.2. The molecular weight excluding hydrogens is 300 g/mol. The third-order valence-corrected chi connectivity index (χ3v) is 4.88. The Balaban J connectivity index is 2.12. The van der Waals surface area contributed by atoms with Gasteiger partial charge in [-0.2, -0.15) is 11.8 Å². The van der Waals surface area contributed by atoms with Gasteiger partial charge in [0.15, 0.2) is 0 Å². The van der Waals surface area contributed by atoms with Gasteiger partial charge in [0.25, 0.3) is 5.91 Å². The fourth-order valence-corrected chi connectivity index (χ4v) is 3.75. The first-order valence-electron chi connectivity index (χ1n) is 5.84. The van der Waals surface area contributed by atoms with E-state index in [9.17, 15) is 4.79 Å².